The highest BCUT2D eigenvalue weighted by atomic mass is 16.5. The summed E-state index contributed by atoms with van der Waals surface area (Å²) in [5, 5.41) is 13.0. The van der Waals surface area contributed by atoms with Crippen molar-refractivity contribution < 1.29 is 14.4 Å². The Hall–Kier alpha value is -1.88. The molecule has 1 N–H and O–H groups in total. The lowest BCUT2D eigenvalue weighted by Crippen LogP contribution is -2.05. The van der Waals surface area contributed by atoms with Crippen molar-refractivity contribution in [1.29, 1.82) is 0 Å². The van der Waals surface area contributed by atoms with Gasteiger partial charge in [0.1, 0.15) is 5.75 Å². The lowest BCUT2D eigenvalue weighted by atomic mass is 10.1. The van der Waals surface area contributed by atoms with E-state index in [1.54, 1.807) is 14.0 Å². The van der Waals surface area contributed by atoms with Crippen molar-refractivity contribution in [2.45, 2.75) is 25.9 Å². The maximum absolute atomic E-state index is 9.23. The number of ether oxygens (including phenoxy) is 1. The highest BCUT2D eigenvalue weighted by Crippen LogP contribution is 2.14. The first-order chi connectivity index (χ1) is 8.67. The predicted molar refractivity (Wildman–Crippen MR) is 65.5 cm³/mol. The monoisotopic (exact) mass is 248 g/mol. The van der Waals surface area contributed by atoms with Crippen LogP contribution < -0.4 is 4.74 Å². The summed E-state index contributed by atoms with van der Waals surface area (Å²) >= 11 is 0. The smallest absolute Gasteiger partial charge is 0.231 e. The van der Waals surface area contributed by atoms with Gasteiger partial charge in [0.15, 0.2) is 5.82 Å². The van der Waals surface area contributed by atoms with Gasteiger partial charge in [0.25, 0.3) is 0 Å². The number of hydrogen-bond donors (Lipinski definition) is 1. The van der Waals surface area contributed by atoms with E-state index < -0.39 is 6.10 Å². The van der Waals surface area contributed by atoms with Gasteiger partial charge in [-0.05, 0) is 24.6 Å². The van der Waals surface area contributed by atoms with Crippen LogP contribution in [0.15, 0.2) is 28.8 Å². The van der Waals surface area contributed by atoms with Crippen molar-refractivity contribution in [3.8, 4) is 5.75 Å². The summed E-state index contributed by atoms with van der Waals surface area (Å²) in [5.41, 5.74) is 1.07. The number of aromatic nitrogens is 2. The minimum Gasteiger partial charge on any atom is -0.497 e. The van der Waals surface area contributed by atoms with Crippen LogP contribution in [0, 0.1) is 0 Å². The van der Waals surface area contributed by atoms with Crippen molar-refractivity contribution in [3.63, 3.8) is 0 Å². The van der Waals surface area contributed by atoms with Gasteiger partial charge >= 0.3 is 0 Å². The van der Waals surface area contributed by atoms with Crippen molar-refractivity contribution in [3.05, 3.63) is 41.5 Å². The molecule has 0 aliphatic carbocycles. The molecule has 0 spiro atoms. The molecule has 0 saturated heterocycles. The van der Waals surface area contributed by atoms with Crippen molar-refractivity contribution in [2.24, 2.45) is 0 Å². The minimum atomic E-state index is -0.462. The number of rotatable bonds is 5. The van der Waals surface area contributed by atoms with Crippen LogP contribution in [0.1, 0.15) is 24.2 Å². The van der Waals surface area contributed by atoms with E-state index >= 15 is 0 Å². The van der Waals surface area contributed by atoms with Gasteiger partial charge in [-0.15, -0.1) is 0 Å². The Labute approximate surface area is 105 Å². The van der Waals surface area contributed by atoms with Crippen LogP contribution >= 0.6 is 0 Å². The summed E-state index contributed by atoms with van der Waals surface area (Å²) in [4.78, 5) is 4.22. The average Bonchev–Trinajstić information content (AvgIpc) is 2.76. The number of methoxy groups -OCH3 is 1. The van der Waals surface area contributed by atoms with Crippen LogP contribution in [0.25, 0.3) is 0 Å². The summed E-state index contributed by atoms with van der Waals surface area (Å²) in [6, 6.07) is 7.69. The lowest BCUT2D eigenvalue weighted by molar-refractivity contribution is 0.191. The molecule has 0 amide bonds. The van der Waals surface area contributed by atoms with Crippen molar-refractivity contribution >= 4 is 0 Å². The van der Waals surface area contributed by atoms with Gasteiger partial charge in [0.2, 0.25) is 5.89 Å². The Balaban J connectivity index is 2.01. The second-order valence-electron chi connectivity index (χ2n) is 4.18. The average molecular weight is 248 g/mol. The van der Waals surface area contributed by atoms with Crippen LogP contribution in [0.3, 0.4) is 0 Å². The Morgan fingerprint density at radius 3 is 2.67 bits per heavy atom. The summed E-state index contributed by atoms with van der Waals surface area (Å²) in [5.74, 6) is 1.91. The van der Waals surface area contributed by atoms with Crippen LogP contribution in [0.4, 0.5) is 0 Å². The molecular weight excluding hydrogens is 232 g/mol. The number of aliphatic hydroxyl groups excluding tert-OH is 1. The quantitative estimate of drug-likeness (QED) is 0.870. The highest BCUT2D eigenvalue weighted by Gasteiger charge is 2.09. The Morgan fingerprint density at radius 2 is 2.06 bits per heavy atom. The van der Waals surface area contributed by atoms with E-state index in [0.717, 1.165) is 11.3 Å². The zero-order valence-electron chi connectivity index (χ0n) is 10.5. The normalized spacial score (nSPS) is 12.4. The fourth-order valence-corrected chi connectivity index (χ4v) is 1.63. The predicted octanol–water partition coefficient (Wildman–Crippen LogP) is 1.59. The van der Waals surface area contributed by atoms with Crippen LogP contribution in [-0.2, 0) is 12.8 Å². The molecule has 5 nitrogen and oxygen atoms in total. The molecule has 1 aromatic heterocycles. The highest BCUT2D eigenvalue weighted by molar-refractivity contribution is 5.28. The second-order valence-corrected chi connectivity index (χ2v) is 4.18. The van der Waals surface area contributed by atoms with Crippen LogP contribution in [-0.4, -0.2) is 28.5 Å². The third-order valence-corrected chi connectivity index (χ3v) is 2.50. The van der Waals surface area contributed by atoms with E-state index in [-0.39, 0.29) is 0 Å². The summed E-state index contributed by atoms with van der Waals surface area (Å²) in [6.07, 6.45) is 0.527. The molecule has 0 fully saturated rings. The number of benzene rings is 1. The van der Waals surface area contributed by atoms with Gasteiger partial charge in [-0.2, -0.15) is 4.98 Å². The molecule has 2 aromatic rings. The van der Waals surface area contributed by atoms with E-state index in [0.29, 0.717) is 24.6 Å². The molecule has 2 rings (SSSR count). The zero-order chi connectivity index (χ0) is 13.0. The van der Waals surface area contributed by atoms with Gasteiger partial charge in [-0.25, -0.2) is 0 Å². The Morgan fingerprint density at radius 1 is 1.33 bits per heavy atom. The second kappa shape index (κ2) is 5.64. The summed E-state index contributed by atoms with van der Waals surface area (Å²) in [7, 11) is 1.63. The first-order valence-electron chi connectivity index (χ1n) is 5.80. The van der Waals surface area contributed by atoms with Gasteiger partial charge in [0, 0.05) is 6.42 Å². The molecular formula is C13H16N2O3. The molecule has 0 radical (unpaired) electrons. The van der Waals surface area contributed by atoms with Crippen LogP contribution in [0.5, 0.6) is 5.75 Å². The molecule has 1 aromatic carbocycles. The van der Waals surface area contributed by atoms with E-state index in [4.69, 9.17) is 9.26 Å². The molecule has 0 aliphatic heterocycles. The van der Waals surface area contributed by atoms with Gasteiger partial charge < -0.3 is 14.4 Å². The van der Waals surface area contributed by atoms with Gasteiger partial charge in [0.05, 0.1) is 19.6 Å². The topological polar surface area (TPSA) is 68.4 Å². The van der Waals surface area contributed by atoms with E-state index in [2.05, 4.69) is 10.1 Å². The molecule has 1 heterocycles. The molecule has 0 bridgehead atoms. The molecule has 18 heavy (non-hydrogen) atoms. The van der Waals surface area contributed by atoms with E-state index in [1.165, 1.54) is 0 Å². The minimum absolute atomic E-state index is 0.409. The lowest BCUT2D eigenvalue weighted by Gasteiger charge is -2.00. The summed E-state index contributed by atoms with van der Waals surface area (Å²) < 4.78 is 10.2. The molecule has 5 heteroatoms. The SMILES string of the molecule is COc1ccc(Cc2nc(CC(C)O)no2)cc1. The molecule has 1 unspecified atom stereocenters. The zero-order valence-corrected chi connectivity index (χ0v) is 10.5. The summed E-state index contributed by atoms with van der Waals surface area (Å²) in [6.45, 7) is 1.69. The fraction of sp³-hybridized carbons (Fsp3) is 0.385. The molecule has 0 saturated carbocycles. The van der Waals surface area contributed by atoms with E-state index in [1.807, 2.05) is 24.3 Å². The van der Waals surface area contributed by atoms with Crippen LogP contribution in [0.2, 0.25) is 0 Å². The Kier molecular flexibility index (Phi) is 3.94. The first kappa shape index (κ1) is 12.6. The molecule has 0 aliphatic rings. The maximum Gasteiger partial charge on any atom is 0.231 e. The standard InChI is InChI=1S/C13H16N2O3/c1-9(16)7-12-14-13(18-15-12)8-10-3-5-11(17-2)6-4-10/h3-6,9,16H,7-8H2,1-2H3. The largest absolute Gasteiger partial charge is 0.497 e. The molecule has 1 atom stereocenters. The Bertz CT molecular complexity index is 491. The maximum atomic E-state index is 9.23. The van der Waals surface area contributed by atoms with Crippen molar-refractivity contribution in [1.82, 2.24) is 10.1 Å². The van der Waals surface area contributed by atoms with Crippen molar-refractivity contribution in [2.75, 3.05) is 7.11 Å². The first-order valence-corrected chi connectivity index (χ1v) is 5.80. The fourth-order valence-electron chi connectivity index (χ4n) is 1.63. The van der Waals surface area contributed by atoms with Gasteiger partial charge in [-0.1, -0.05) is 17.3 Å². The number of hydrogen-bond acceptors (Lipinski definition) is 5. The van der Waals surface area contributed by atoms with Gasteiger partial charge in [-0.3, -0.25) is 0 Å². The molecule has 96 valence electrons. The van der Waals surface area contributed by atoms with E-state index in [9.17, 15) is 5.11 Å². The third-order valence-electron chi connectivity index (χ3n) is 2.50. The number of nitrogens with zero attached hydrogens (tertiary/aromatic N) is 2. The number of aliphatic hydroxyl groups is 1. The third kappa shape index (κ3) is 3.30.